The number of nitrogens with one attached hydrogen (secondary N) is 3. The third-order valence-electron chi connectivity index (χ3n) is 4.37. The Kier molecular flexibility index (Phi) is 5.85. The molecule has 0 spiro atoms. The van der Waals surface area contributed by atoms with Crippen molar-refractivity contribution in [1.29, 1.82) is 0 Å². The number of rotatable bonds is 6. The zero-order valence-electron chi connectivity index (χ0n) is 14.0. The minimum Gasteiger partial charge on any atom is -0.467 e. The van der Waals surface area contributed by atoms with Gasteiger partial charge in [-0.15, -0.1) is 0 Å². The van der Waals surface area contributed by atoms with Crippen molar-refractivity contribution in [3.8, 4) is 0 Å². The first-order valence-electron chi connectivity index (χ1n) is 8.64. The molecule has 1 saturated carbocycles. The summed E-state index contributed by atoms with van der Waals surface area (Å²) in [5.74, 6) is 0.345. The van der Waals surface area contributed by atoms with Crippen molar-refractivity contribution in [3.63, 3.8) is 0 Å². The summed E-state index contributed by atoms with van der Waals surface area (Å²) >= 11 is 0. The van der Waals surface area contributed by atoms with Crippen molar-refractivity contribution in [3.05, 3.63) is 60.1 Å². The molecule has 0 unspecified atom stereocenters. The number of urea groups is 1. The number of carbonyl (C=O) groups excluding carboxylic acids is 2. The van der Waals surface area contributed by atoms with E-state index in [2.05, 4.69) is 16.0 Å². The molecule has 3 rings (SSSR count). The molecule has 1 aromatic carbocycles. The van der Waals surface area contributed by atoms with Gasteiger partial charge in [-0.05, 0) is 30.5 Å². The number of benzene rings is 1. The van der Waals surface area contributed by atoms with Crippen LogP contribution >= 0.6 is 0 Å². The highest BCUT2D eigenvalue weighted by Gasteiger charge is 2.20. The van der Waals surface area contributed by atoms with Crippen LogP contribution in [0.3, 0.4) is 0 Å². The lowest BCUT2D eigenvalue weighted by molar-refractivity contribution is -0.119. The second kappa shape index (κ2) is 8.48. The van der Waals surface area contributed by atoms with E-state index in [0.29, 0.717) is 0 Å². The molecule has 25 heavy (non-hydrogen) atoms. The zero-order valence-corrected chi connectivity index (χ0v) is 14.0. The smallest absolute Gasteiger partial charge is 0.321 e. The molecule has 1 fully saturated rings. The van der Waals surface area contributed by atoms with Crippen molar-refractivity contribution in [2.45, 2.75) is 37.8 Å². The average molecular weight is 341 g/mol. The Hall–Kier alpha value is -2.60. The molecular weight excluding hydrogens is 318 g/mol. The van der Waals surface area contributed by atoms with E-state index in [1.165, 1.54) is 0 Å². The average Bonchev–Trinajstić information content (AvgIpc) is 3.30. The Bertz CT molecular complexity index is 679. The van der Waals surface area contributed by atoms with Crippen LogP contribution in [0.25, 0.3) is 0 Å². The number of hydrogen-bond acceptors (Lipinski definition) is 4. The second-order valence-electron chi connectivity index (χ2n) is 6.24. The van der Waals surface area contributed by atoms with E-state index in [9.17, 15) is 9.59 Å². The first kappa shape index (κ1) is 17.2. The van der Waals surface area contributed by atoms with Crippen LogP contribution in [0.15, 0.2) is 53.1 Å². The summed E-state index contributed by atoms with van der Waals surface area (Å²) in [6.07, 6.45) is 5.82. The van der Waals surface area contributed by atoms with Gasteiger partial charge in [-0.3, -0.25) is 15.4 Å². The maximum atomic E-state index is 12.1. The van der Waals surface area contributed by atoms with E-state index >= 15 is 0 Å². The molecule has 1 aliphatic rings. The predicted octanol–water partition coefficient (Wildman–Crippen LogP) is 2.73. The SMILES string of the molecule is O=C(CN[C@H](c1ccccc1)c1ccco1)NC(=O)NC1CCCC1. The van der Waals surface area contributed by atoms with Crippen LogP contribution in [0.2, 0.25) is 0 Å². The third-order valence-corrected chi connectivity index (χ3v) is 4.37. The van der Waals surface area contributed by atoms with Gasteiger partial charge in [0.2, 0.25) is 5.91 Å². The maximum Gasteiger partial charge on any atom is 0.321 e. The van der Waals surface area contributed by atoms with Crippen molar-refractivity contribution in [2.75, 3.05) is 6.54 Å². The Morgan fingerprint density at radius 1 is 1.08 bits per heavy atom. The first-order chi connectivity index (χ1) is 12.2. The topological polar surface area (TPSA) is 83.4 Å². The standard InChI is InChI=1S/C19H23N3O3/c23-17(22-19(24)21-15-9-4-5-10-15)13-20-18(16-11-6-12-25-16)14-7-2-1-3-8-14/h1-3,6-8,11-12,15,18,20H,4-5,9-10,13H2,(H2,21,22,23,24)/t18-/m1/s1. The van der Waals surface area contributed by atoms with Gasteiger partial charge < -0.3 is 9.73 Å². The van der Waals surface area contributed by atoms with E-state index in [1.807, 2.05) is 42.5 Å². The molecule has 0 radical (unpaired) electrons. The van der Waals surface area contributed by atoms with Gasteiger partial charge in [0.15, 0.2) is 0 Å². The molecule has 0 saturated heterocycles. The summed E-state index contributed by atoms with van der Waals surface area (Å²) < 4.78 is 5.48. The minimum absolute atomic E-state index is 0.0122. The summed E-state index contributed by atoms with van der Waals surface area (Å²) in [5, 5.41) is 8.37. The van der Waals surface area contributed by atoms with Gasteiger partial charge in [-0.25, -0.2) is 4.79 Å². The Morgan fingerprint density at radius 2 is 1.84 bits per heavy atom. The summed E-state index contributed by atoms with van der Waals surface area (Å²) in [6.45, 7) is 0.0122. The number of furan rings is 1. The van der Waals surface area contributed by atoms with Gasteiger partial charge in [0.25, 0.3) is 0 Å². The molecular formula is C19H23N3O3. The van der Waals surface area contributed by atoms with Crippen molar-refractivity contribution in [2.24, 2.45) is 0 Å². The number of carbonyl (C=O) groups is 2. The molecule has 1 aliphatic carbocycles. The molecule has 3 amide bonds. The molecule has 0 bridgehead atoms. The first-order valence-corrected chi connectivity index (χ1v) is 8.64. The third kappa shape index (κ3) is 4.93. The maximum absolute atomic E-state index is 12.1. The molecule has 6 nitrogen and oxygen atoms in total. The summed E-state index contributed by atoms with van der Waals surface area (Å²) in [5.41, 5.74) is 0.987. The fraction of sp³-hybridized carbons (Fsp3) is 0.368. The molecule has 6 heteroatoms. The second-order valence-corrected chi connectivity index (χ2v) is 6.24. The van der Waals surface area contributed by atoms with E-state index in [0.717, 1.165) is 37.0 Å². The number of amides is 3. The van der Waals surface area contributed by atoms with Crippen molar-refractivity contribution in [1.82, 2.24) is 16.0 Å². The van der Waals surface area contributed by atoms with Crippen LogP contribution in [0.1, 0.15) is 43.0 Å². The van der Waals surface area contributed by atoms with Crippen LogP contribution < -0.4 is 16.0 Å². The highest BCUT2D eigenvalue weighted by atomic mass is 16.3. The molecule has 132 valence electrons. The van der Waals surface area contributed by atoms with Crippen LogP contribution in [0.5, 0.6) is 0 Å². The Labute approximate surface area is 147 Å². The Morgan fingerprint density at radius 3 is 2.52 bits per heavy atom. The van der Waals surface area contributed by atoms with E-state index in [1.54, 1.807) is 6.26 Å². The highest BCUT2D eigenvalue weighted by molar-refractivity contribution is 5.95. The quantitative estimate of drug-likeness (QED) is 0.754. The summed E-state index contributed by atoms with van der Waals surface area (Å²) in [6, 6.07) is 12.9. The number of imide groups is 1. The lowest BCUT2D eigenvalue weighted by Crippen LogP contribution is -2.46. The van der Waals surface area contributed by atoms with Crippen LogP contribution in [0, 0.1) is 0 Å². The predicted molar refractivity (Wildman–Crippen MR) is 93.9 cm³/mol. The van der Waals surface area contributed by atoms with Gasteiger partial charge in [-0.1, -0.05) is 43.2 Å². The van der Waals surface area contributed by atoms with Crippen LogP contribution in [0.4, 0.5) is 4.79 Å². The molecule has 3 N–H and O–H groups in total. The lowest BCUT2D eigenvalue weighted by atomic mass is 10.0. The lowest BCUT2D eigenvalue weighted by Gasteiger charge is -2.17. The van der Waals surface area contributed by atoms with E-state index in [-0.39, 0.29) is 24.5 Å². The van der Waals surface area contributed by atoms with Crippen molar-refractivity contribution >= 4 is 11.9 Å². The van der Waals surface area contributed by atoms with Gasteiger partial charge in [0.1, 0.15) is 5.76 Å². The highest BCUT2D eigenvalue weighted by Crippen LogP contribution is 2.22. The molecule has 2 aromatic rings. The number of hydrogen-bond donors (Lipinski definition) is 3. The van der Waals surface area contributed by atoms with Crippen molar-refractivity contribution < 1.29 is 14.0 Å². The van der Waals surface area contributed by atoms with E-state index < -0.39 is 6.03 Å². The summed E-state index contributed by atoms with van der Waals surface area (Å²) in [4.78, 5) is 23.9. The van der Waals surface area contributed by atoms with Crippen LogP contribution in [-0.4, -0.2) is 24.5 Å². The molecule has 1 heterocycles. The van der Waals surface area contributed by atoms with Gasteiger partial charge in [0.05, 0.1) is 18.8 Å². The zero-order chi connectivity index (χ0) is 17.5. The van der Waals surface area contributed by atoms with E-state index in [4.69, 9.17) is 4.42 Å². The van der Waals surface area contributed by atoms with Gasteiger partial charge >= 0.3 is 6.03 Å². The van der Waals surface area contributed by atoms with Gasteiger partial charge in [0, 0.05) is 6.04 Å². The normalized spacial score (nSPS) is 15.7. The van der Waals surface area contributed by atoms with Crippen LogP contribution in [-0.2, 0) is 4.79 Å². The molecule has 0 aliphatic heterocycles. The fourth-order valence-corrected chi connectivity index (χ4v) is 3.14. The minimum atomic E-state index is -0.423. The largest absolute Gasteiger partial charge is 0.467 e. The van der Waals surface area contributed by atoms with Gasteiger partial charge in [-0.2, -0.15) is 0 Å². The monoisotopic (exact) mass is 341 g/mol. The summed E-state index contributed by atoms with van der Waals surface area (Å²) in [7, 11) is 0. The Balaban J connectivity index is 1.54. The fourth-order valence-electron chi connectivity index (χ4n) is 3.14. The molecule has 1 atom stereocenters. The molecule has 1 aromatic heterocycles.